The van der Waals surface area contributed by atoms with Crippen LogP contribution in [0.4, 0.5) is 0 Å². The fraction of sp³-hybridized carbons (Fsp3) is 0.176. The summed E-state index contributed by atoms with van der Waals surface area (Å²) >= 11 is 0. The summed E-state index contributed by atoms with van der Waals surface area (Å²) in [5, 5.41) is 22.7. The molecule has 0 bridgehead atoms. The highest BCUT2D eigenvalue weighted by molar-refractivity contribution is 5.95. The predicted molar refractivity (Wildman–Crippen MR) is 90.5 cm³/mol. The average Bonchev–Trinajstić information content (AvgIpc) is 3.29. The van der Waals surface area contributed by atoms with Crippen LogP contribution in [0, 0.1) is 0 Å². The maximum absolute atomic E-state index is 5.72. The summed E-state index contributed by atoms with van der Waals surface area (Å²) in [6.07, 6.45) is 0.976. The molecule has 120 valence electrons. The molecule has 24 heavy (non-hydrogen) atoms. The molecule has 0 spiro atoms. The average molecular weight is 320 g/mol. The van der Waals surface area contributed by atoms with Crippen molar-refractivity contribution in [3.8, 4) is 28.4 Å². The molecule has 0 aliphatic heterocycles. The van der Waals surface area contributed by atoms with E-state index in [0.717, 1.165) is 39.9 Å². The first kappa shape index (κ1) is 14.4. The topological polar surface area (TPSA) is 92.4 Å². The number of tetrazole rings is 1. The Kier molecular flexibility index (Phi) is 3.66. The van der Waals surface area contributed by atoms with Crippen molar-refractivity contribution in [2.75, 3.05) is 6.61 Å². The van der Waals surface area contributed by atoms with Gasteiger partial charge in [0.05, 0.1) is 12.1 Å². The number of H-pyrrole nitrogens is 2. The zero-order valence-corrected chi connectivity index (χ0v) is 13.2. The van der Waals surface area contributed by atoms with Gasteiger partial charge in [0, 0.05) is 16.5 Å². The van der Waals surface area contributed by atoms with E-state index in [0.29, 0.717) is 12.4 Å². The third kappa shape index (κ3) is 2.60. The molecule has 4 aromatic rings. The second-order valence-corrected chi connectivity index (χ2v) is 5.44. The van der Waals surface area contributed by atoms with E-state index in [1.165, 1.54) is 0 Å². The van der Waals surface area contributed by atoms with Gasteiger partial charge in [-0.2, -0.15) is 10.3 Å². The van der Waals surface area contributed by atoms with E-state index in [1.54, 1.807) is 0 Å². The molecule has 2 aromatic heterocycles. The molecule has 0 fully saturated rings. The maximum atomic E-state index is 5.72. The molecule has 7 nitrogen and oxygen atoms in total. The van der Waals surface area contributed by atoms with Crippen molar-refractivity contribution in [2.45, 2.75) is 13.3 Å². The second-order valence-electron chi connectivity index (χ2n) is 5.44. The van der Waals surface area contributed by atoms with Gasteiger partial charge in [-0.15, -0.1) is 10.2 Å². The van der Waals surface area contributed by atoms with Crippen molar-refractivity contribution in [1.29, 1.82) is 0 Å². The molecule has 2 aromatic carbocycles. The van der Waals surface area contributed by atoms with E-state index in [4.69, 9.17) is 4.74 Å². The Labute approximate surface area is 138 Å². The smallest absolute Gasteiger partial charge is 0.204 e. The van der Waals surface area contributed by atoms with E-state index in [-0.39, 0.29) is 0 Å². The van der Waals surface area contributed by atoms with Gasteiger partial charge in [-0.1, -0.05) is 19.1 Å². The van der Waals surface area contributed by atoms with Crippen LogP contribution in [0.1, 0.15) is 13.3 Å². The third-order valence-electron chi connectivity index (χ3n) is 3.75. The standard InChI is InChI=1S/C17H16N6O/c1-2-8-24-13-5-3-4-11(9-13)16-14-10-12(17-20-22-23-21-17)6-7-15(14)18-19-16/h3-7,9-10H,2,8H2,1H3,(H,18,19)(H,20,21,22,23). The van der Waals surface area contributed by atoms with E-state index in [9.17, 15) is 0 Å². The van der Waals surface area contributed by atoms with Gasteiger partial charge >= 0.3 is 0 Å². The summed E-state index contributed by atoms with van der Waals surface area (Å²) in [5.74, 6) is 1.41. The van der Waals surface area contributed by atoms with E-state index in [2.05, 4.69) is 37.7 Å². The number of fused-ring (bicyclic) bond motifs is 1. The van der Waals surface area contributed by atoms with Crippen molar-refractivity contribution in [3.63, 3.8) is 0 Å². The molecule has 0 unspecified atom stereocenters. The third-order valence-corrected chi connectivity index (χ3v) is 3.75. The fourth-order valence-corrected chi connectivity index (χ4v) is 2.61. The first-order valence-corrected chi connectivity index (χ1v) is 7.80. The molecule has 0 saturated carbocycles. The van der Waals surface area contributed by atoms with E-state index >= 15 is 0 Å². The van der Waals surface area contributed by atoms with Gasteiger partial charge in [-0.25, -0.2) is 0 Å². The zero-order chi connectivity index (χ0) is 16.4. The number of hydrogen-bond acceptors (Lipinski definition) is 5. The number of ether oxygens (including phenoxy) is 1. The Morgan fingerprint density at radius 3 is 2.83 bits per heavy atom. The Morgan fingerprint density at radius 1 is 1.04 bits per heavy atom. The summed E-state index contributed by atoms with van der Waals surface area (Å²) in [6.45, 7) is 2.79. The van der Waals surface area contributed by atoms with Gasteiger partial charge in [0.1, 0.15) is 11.4 Å². The van der Waals surface area contributed by atoms with Gasteiger partial charge in [0.2, 0.25) is 5.82 Å². The molecule has 0 saturated heterocycles. The Bertz CT molecular complexity index is 960. The van der Waals surface area contributed by atoms with Crippen molar-refractivity contribution in [3.05, 3.63) is 42.5 Å². The predicted octanol–water partition coefficient (Wildman–Crippen LogP) is 3.20. The lowest BCUT2D eigenvalue weighted by molar-refractivity contribution is 0.317. The highest BCUT2D eigenvalue weighted by Crippen LogP contribution is 2.31. The van der Waals surface area contributed by atoms with Gasteiger partial charge in [-0.3, -0.25) is 5.10 Å². The van der Waals surface area contributed by atoms with E-state index < -0.39 is 0 Å². The number of rotatable bonds is 5. The van der Waals surface area contributed by atoms with Crippen molar-refractivity contribution in [1.82, 2.24) is 30.8 Å². The number of aromatic amines is 2. The molecule has 7 heteroatoms. The van der Waals surface area contributed by atoms with Crippen molar-refractivity contribution >= 4 is 10.9 Å². The van der Waals surface area contributed by atoms with Gasteiger partial charge in [0.25, 0.3) is 0 Å². The molecule has 2 N–H and O–H groups in total. The molecular formula is C17H16N6O. The zero-order valence-electron chi connectivity index (χ0n) is 13.2. The minimum absolute atomic E-state index is 0.559. The number of benzene rings is 2. The highest BCUT2D eigenvalue weighted by atomic mass is 16.5. The van der Waals surface area contributed by atoms with E-state index in [1.807, 2.05) is 42.5 Å². The SMILES string of the molecule is CCCOc1cccc(-c2n[nH]c3ccc(-c4nn[nH]n4)cc23)c1. The Balaban J connectivity index is 1.78. The highest BCUT2D eigenvalue weighted by Gasteiger charge is 2.12. The van der Waals surface area contributed by atoms with Crippen LogP contribution >= 0.6 is 0 Å². The summed E-state index contributed by atoms with van der Waals surface area (Å²) < 4.78 is 5.72. The molecule has 0 atom stereocenters. The van der Waals surface area contributed by atoms with Crippen LogP contribution in [0.2, 0.25) is 0 Å². The fourth-order valence-electron chi connectivity index (χ4n) is 2.61. The summed E-state index contributed by atoms with van der Waals surface area (Å²) in [4.78, 5) is 0. The lowest BCUT2D eigenvalue weighted by atomic mass is 10.1. The van der Waals surface area contributed by atoms with Gasteiger partial charge in [-0.05, 0) is 42.0 Å². The van der Waals surface area contributed by atoms with Gasteiger partial charge in [0.15, 0.2) is 0 Å². The monoisotopic (exact) mass is 320 g/mol. The second kappa shape index (κ2) is 6.11. The summed E-state index contributed by atoms with van der Waals surface area (Å²) in [6, 6.07) is 13.9. The molecule has 4 rings (SSSR count). The number of nitrogens with one attached hydrogen (secondary N) is 2. The number of aromatic nitrogens is 6. The van der Waals surface area contributed by atoms with Crippen molar-refractivity contribution in [2.24, 2.45) is 0 Å². The molecule has 0 aliphatic carbocycles. The van der Waals surface area contributed by atoms with Crippen LogP contribution in [0.3, 0.4) is 0 Å². The molecule has 2 heterocycles. The molecule has 0 amide bonds. The minimum atomic E-state index is 0.559. The quantitative estimate of drug-likeness (QED) is 0.589. The first-order chi connectivity index (χ1) is 11.8. The van der Waals surface area contributed by atoms with Gasteiger partial charge < -0.3 is 4.74 Å². The molecule has 0 radical (unpaired) electrons. The van der Waals surface area contributed by atoms with Crippen LogP contribution in [0.25, 0.3) is 33.5 Å². The van der Waals surface area contributed by atoms with Crippen LogP contribution in [0.15, 0.2) is 42.5 Å². The lowest BCUT2D eigenvalue weighted by Gasteiger charge is -2.06. The van der Waals surface area contributed by atoms with Crippen LogP contribution in [-0.2, 0) is 0 Å². The van der Waals surface area contributed by atoms with Crippen LogP contribution in [0.5, 0.6) is 5.75 Å². The maximum Gasteiger partial charge on any atom is 0.204 e. The molecule has 0 aliphatic rings. The van der Waals surface area contributed by atoms with Crippen molar-refractivity contribution < 1.29 is 4.74 Å². The summed E-state index contributed by atoms with van der Waals surface area (Å²) in [5.41, 5.74) is 3.71. The number of nitrogens with zero attached hydrogens (tertiary/aromatic N) is 4. The lowest BCUT2D eigenvalue weighted by Crippen LogP contribution is -1.94. The van der Waals surface area contributed by atoms with Crippen LogP contribution < -0.4 is 4.74 Å². The normalized spacial score (nSPS) is 11.0. The number of hydrogen-bond donors (Lipinski definition) is 2. The molecular weight excluding hydrogens is 304 g/mol. The Morgan fingerprint density at radius 2 is 2.00 bits per heavy atom. The largest absolute Gasteiger partial charge is 0.494 e. The van der Waals surface area contributed by atoms with Crippen LogP contribution in [-0.4, -0.2) is 37.4 Å². The minimum Gasteiger partial charge on any atom is -0.494 e. The first-order valence-electron chi connectivity index (χ1n) is 7.80. The Hall–Kier alpha value is -3.22. The summed E-state index contributed by atoms with van der Waals surface area (Å²) in [7, 11) is 0.